The van der Waals surface area contributed by atoms with E-state index in [1.165, 1.54) is 0 Å². The Morgan fingerprint density at radius 2 is 2.03 bits per heavy atom. The second kappa shape index (κ2) is 8.57. The molecule has 0 aliphatic carbocycles. The summed E-state index contributed by atoms with van der Waals surface area (Å²) in [7, 11) is 1.65. The van der Waals surface area contributed by atoms with Crippen molar-refractivity contribution < 1.29 is 9.53 Å². The number of aromatic amines is 1. The van der Waals surface area contributed by atoms with E-state index in [0.29, 0.717) is 17.1 Å². The van der Waals surface area contributed by atoms with E-state index in [1.54, 1.807) is 19.2 Å². The molecule has 1 amide bonds. The van der Waals surface area contributed by atoms with Crippen molar-refractivity contribution >= 4 is 23.3 Å². The smallest absolute Gasteiger partial charge is 0.253 e. The summed E-state index contributed by atoms with van der Waals surface area (Å²) < 4.78 is 5.21. The van der Waals surface area contributed by atoms with Gasteiger partial charge in [0.15, 0.2) is 5.82 Å². The molecule has 4 rings (SSSR count). The van der Waals surface area contributed by atoms with Gasteiger partial charge in [-0.3, -0.25) is 9.89 Å². The summed E-state index contributed by atoms with van der Waals surface area (Å²) in [5.41, 5.74) is 2.50. The minimum Gasteiger partial charge on any atom is -0.497 e. The zero-order valence-electron chi connectivity index (χ0n) is 16.2. The van der Waals surface area contributed by atoms with Crippen molar-refractivity contribution in [3.63, 3.8) is 0 Å². The number of carbonyl (C=O) groups is 1. The maximum absolute atomic E-state index is 12.6. The number of ether oxygens (including phenoxy) is 1. The number of nitrogens with one attached hydrogen (secondary N) is 2. The Morgan fingerprint density at radius 3 is 2.79 bits per heavy atom. The number of aromatic nitrogens is 2. The summed E-state index contributed by atoms with van der Waals surface area (Å²) in [6.07, 6.45) is 1.92. The lowest BCUT2D eigenvalue weighted by atomic mass is 10.0. The van der Waals surface area contributed by atoms with Crippen molar-refractivity contribution in [2.24, 2.45) is 0 Å². The zero-order chi connectivity index (χ0) is 20.2. The Morgan fingerprint density at radius 1 is 1.24 bits per heavy atom. The molecule has 29 heavy (non-hydrogen) atoms. The summed E-state index contributed by atoms with van der Waals surface area (Å²) in [6.45, 7) is 1.62. The van der Waals surface area contributed by atoms with Crippen LogP contribution >= 0.6 is 11.6 Å². The molecule has 150 valence electrons. The van der Waals surface area contributed by atoms with Gasteiger partial charge in [-0.1, -0.05) is 23.7 Å². The maximum Gasteiger partial charge on any atom is 0.253 e. The van der Waals surface area contributed by atoms with Crippen molar-refractivity contribution in [2.75, 3.05) is 25.1 Å². The number of H-pyrrole nitrogens is 1. The van der Waals surface area contributed by atoms with E-state index in [4.69, 9.17) is 16.3 Å². The van der Waals surface area contributed by atoms with Crippen LogP contribution in [-0.4, -0.2) is 42.3 Å². The average molecular weight is 411 g/mol. The van der Waals surface area contributed by atoms with Crippen LogP contribution in [0.3, 0.4) is 0 Å². The number of rotatable bonds is 5. The molecule has 7 heteroatoms. The van der Waals surface area contributed by atoms with E-state index in [-0.39, 0.29) is 11.9 Å². The van der Waals surface area contributed by atoms with Crippen LogP contribution in [0.25, 0.3) is 11.3 Å². The van der Waals surface area contributed by atoms with E-state index in [0.717, 1.165) is 42.2 Å². The van der Waals surface area contributed by atoms with Gasteiger partial charge in [-0.15, -0.1) is 0 Å². The largest absolute Gasteiger partial charge is 0.497 e. The van der Waals surface area contributed by atoms with Crippen molar-refractivity contribution in [3.05, 3.63) is 65.2 Å². The van der Waals surface area contributed by atoms with Crippen LogP contribution in [0, 0.1) is 0 Å². The molecule has 0 spiro atoms. The second-order valence-corrected chi connectivity index (χ2v) is 7.51. The fourth-order valence-corrected chi connectivity index (χ4v) is 3.82. The van der Waals surface area contributed by atoms with Crippen LogP contribution < -0.4 is 15.0 Å². The molecule has 3 aromatic rings. The van der Waals surface area contributed by atoms with Gasteiger partial charge in [0.05, 0.1) is 23.4 Å². The summed E-state index contributed by atoms with van der Waals surface area (Å²) in [6, 6.07) is 17.1. The molecule has 6 nitrogen and oxygen atoms in total. The summed E-state index contributed by atoms with van der Waals surface area (Å²) in [5, 5.41) is 11.2. The van der Waals surface area contributed by atoms with Crippen LogP contribution in [0.4, 0.5) is 5.82 Å². The van der Waals surface area contributed by atoms with E-state index < -0.39 is 0 Å². The Labute approximate surface area is 174 Å². The molecule has 0 saturated carbocycles. The number of hydrogen-bond donors (Lipinski definition) is 2. The van der Waals surface area contributed by atoms with Gasteiger partial charge >= 0.3 is 0 Å². The molecule has 1 saturated heterocycles. The summed E-state index contributed by atoms with van der Waals surface area (Å²) >= 11 is 6.15. The lowest BCUT2D eigenvalue weighted by Gasteiger charge is -2.33. The van der Waals surface area contributed by atoms with Crippen LogP contribution in [0.15, 0.2) is 54.6 Å². The Hall–Kier alpha value is -2.99. The van der Waals surface area contributed by atoms with Gasteiger partial charge in [-0.05, 0) is 54.8 Å². The van der Waals surface area contributed by atoms with E-state index in [2.05, 4.69) is 20.4 Å². The molecule has 0 radical (unpaired) electrons. The van der Waals surface area contributed by atoms with Crippen LogP contribution in [0.1, 0.15) is 23.2 Å². The first-order valence-corrected chi connectivity index (χ1v) is 10.0. The molecule has 1 fully saturated rings. The molecule has 1 aliphatic rings. The molecule has 1 atom stereocenters. The number of hydrogen-bond acceptors (Lipinski definition) is 4. The van der Waals surface area contributed by atoms with Crippen LogP contribution in [-0.2, 0) is 0 Å². The number of piperidine rings is 1. The molecule has 2 heterocycles. The SMILES string of the molecule is COc1ccc(-c2cc(N3CCC[C@H](NC(=O)c4ccccc4Cl)C3)n[nH]2)cc1. The van der Waals surface area contributed by atoms with Gasteiger partial charge in [-0.2, -0.15) is 5.10 Å². The lowest BCUT2D eigenvalue weighted by Crippen LogP contribution is -2.48. The first-order valence-electron chi connectivity index (χ1n) is 9.64. The lowest BCUT2D eigenvalue weighted by molar-refractivity contribution is 0.0933. The normalized spacial score (nSPS) is 16.5. The van der Waals surface area contributed by atoms with Crippen molar-refractivity contribution in [2.45, 2.75) is 18.9 Å². The Balaban J connectivity index is 1.43. The van der Waals surface area contributed by atoms with Gasteiger partial charge in [0.25, 0.3) is 5.91 Å². The first kappa shape index (κ1) is 19.3. The number of halogens is 1. The molecular formula is C22H23ClN4O2. The topological polar surface area (TPSA) is 70.2 Å². The molecular weight excluding hydrogens is 388 g/mol. The van der Waals surface area contributed by atoms with Crippen molar-refractivity contribution in [1.82, 2.24) is 15.5 Å². The number of carbonyl (C=O) groups excluding carboxylic acids is 1. The summed E-state index contributed by atoms with van der Waals surface area (Å²) in [4.78, 5) is 14.8. The summed E-state index contributed by atoms with van der Waals surface area (Å²) in [5.74, 6) is 1.57. The Kier molecular flexibility index (Phi) is 5.71. The molecule has 1 aromatic heterocycles. The van der Waals surface area contributed by atoms with Gasteiger partial charge in [0.1, 0.15) is 5.75 Å². The zero-order valence-corrected chi connectivity index (χ0v) is 16.9. The van der Waals surface area contributed by atoms with Gasteiger partial charge in [-0.25, -0.2) is 0 Å². The highest BCUT2D eigenvalue weighted by Gasteiger charge is 2.24. The number of amides is 1. The average Bonchev–Trinajstić information content (AvgIpc) is 3.24. The monoisotopic (exact) mass is 410 g/mol. The van der Waals surface area contributed by atoms with Gasteiger partial charge < -0.3 is 15.0 Å². The van der Waals surface area contributed by atoms with Crippen LogP contribution in [0.2, 0.25) is 5.02 Å². The second-order valence-electron chi connectivity index (χ2n) is 7.11. The fraction of sp³-hybridized carbons (Fsp3) is 0.273. The molecule has 2 aromatic carbocycles. The molecule has 0 bridgehead atoms. The predicted molar refractivity (Wildman–Crippen MR) is 115 cm³/mol. The van der Waals surface area contributed by atoms with E-state index in [1.807, 2.05) is 42.5 Å². The third kappa shape index (κ3) is 4.38. The number of nitrogens with zero attached hydrogens (tertiary/aromatic N) is 2. The maximum atomic E-state index is 12.6. The minimum absolute atomic E-state index is 0.0497. The number of methoxy groups -OCH3 is 1. The highest BCUT2D eigenvalue weighted by atomic mass is 35.5. The van der Waals surface area contributed by atoms with Crippen molar-refractivity contribution in [1.29, 1.82) is 0 Å². The predicted octanol–water partition coefficient (Wildman–Crippen LogP) is 4.14. The number of anilines is 1. The highest BCUT2D eigenvalue weighted by Crippen LogP contribution is 2.26. The van der Waals surface area contributed by atoms with E-state index >= 15 is 0 Å². The third-order valence-corrected chi connectivity index (χ3v) is 5.49. The fourth-order valence-electron chi connectivity index (χ4n) is 3.60. The van der Waals surface area contributed by atoms with Gasteiger partial charge in [0, 0.05) is 25.2 Å². The van der Waals surface area contributed by atoms with Crippen molar-refractivity contribution in [3.8, 4) is 17.0 Å². The molecule has 1 aliphatic heterocycles. The third-order valence-electron chi connectivity index (χ3n) is 5.16. The van der Waals surface area contributed by atoms with Crippen LogP contribution in [0.5, 0.6) is 5.75 Å². The Bertz CT molecular complexity index is 986. The standard InChI is InChI=1S/C22H23ClN4O2/c1-29-17-10-8-15(9-11-17)20-13-21(26-25-20)27-12-4-5-16(14-27)24-22(28)18-6-2-3-7-19(18)23/h2-3,6-11,13,16H,4-5,12,14H2,1H3,(H,24,28)(H,25,26)/t16-/m0/s1. The molecule has 2 N–H and O–H groups in total. The first-order chi connectivity index (χ1) is 14.1. The van der Waals surface area contributed by atoms with E-state index in [9.17, 15) is 4.79 Å². The minimum atomic E-state index is -0.136. The highest BCUT2D eigenvalue weighted by molar-refractivity contribution is 6.33. The van der Waals surface area contributed by atoms with Gasteiger partial charge in [0.2, 0.25) is 0 Å². The number of benzene rings is 2. The molecule has 0 unspecified atom stereocenters. The quantitative estimate of drug-likeness (QED) is 0.663.